The van der Waals surface area contributed by atoms with Gasteiger partial charge in [-0.3, -0.25) is 0 Å². The molecule has 0 aliphatic carbocycles. The third-order valence-corrected chi connectivity index (χ3v) is 4.44. The Kier molecular flexibility index (Phi) is 4.97. The van der Waals surface area contributed by atoms with Crippen molar-refractivity contribution in [1.82, 2.24) is 0 Å². The fraction of sp³-hybridized carbons (Fsp3) is 0.500. The topological polar surface area (TPSA) is 20.2 Å². The van der Waals surface area contributed by atoms with Crippen LogP contribution in [0.3, 0.4) is 0 Å². The van der Waals surface area contributed by atoms with Gasteiger partial charge in [0.05, 0.1) is 10.6 Å². The van der Waals surface area contributed by atoms with E-state index < -0.39 is 5.60 Å². The summed E-state index contributed by atoms with van der Waals surface area (Å²) in [7, 11) is 0. The van der Waals surface area contributed by atoms with Gasteiger partial charge in [0.15, 0.2) is 0 Å². The Morgan fingerprint density at radius 2 is 1.87 bits per heavy atom. The SMILES string of the molecule is CCC(O)(CC)CSc1ccccc1Cl. The van der Waals surface area contributed by atoms with Crippen LogP contribution in [0.2, 0.25) is 5.02 Å². The number of hydrogen-bond donors (Lipinski definition) is 1. The van der Waals surface area contributed by atoms with Crippen molar-refractivity contribution in [2.75, 3.05) is 5.75 Å². The van der Waals surface area contributed by atoms with Gasteiger partial charge in [-0.05, 0) is 25.0 Å². The highest BCUT2D eigenvalue weighted by Gasteiger charge is 2.22. The summed E-state index contributed by atoms with van der Waals surface area (Å²) in [6.07, 6.45) is 1.56. The van der Waals surface area contributed by atoms with E-state index in [9.17, 15) is 5.11 Å². The monoisotopic (exact) mass is 244 g/mol. The first-order valence-corrected chi connectivity index (χ1v) is 6.57. The lowest BCUT2D eigenvalue weighted by Gasteiger charge is -2.24. The zero-order chi connectivity index (χ0) is 11.3. The summed E-state index contributed by atoms with van der Waals surface area (Å²) in [5.41, 5.74) is -0.566. The Labute approximate surface area is 101 Å². The summed E-state index contributed by atoms with van der Waals surface area (Å²) in [5, 5.41) is 10.9. The zero-order valence-electron chi connectivity index (χ0n) is 9.16. The Bertz CT molecular complexity index is 310. The van der Waals surface area contributed by atoms with E-state index in [1.165, 1.54) is 0 Å². The molecule has 0 bridgehead atoms. The predicted octanol–water partition coefficient (Wildman–Crippen LogP) is 3.98. The fourth-order valence-corrected chi connectivity index (χ4v) is 2.74. The normalized spacial score (nSPS) is 11.7. The lowest BCUT2D eigenvalue weighted by atomic mass is 10.0. The second kappa shape index (κ2) is 5.78. The highest BCUT2D eigenvalue weighted by atomic mass is 35.5. The van der Waals surface area contributed by atoms with Gasteiger partial charge in [0.2, 0.25) is 0 Å². The van der Waals surface area contributed by atoms with Crippen molar-refractivity contribution in [2.45, 2.75) is 37.2 Å². The van der Waals surface area contributed by atoms with Gasteiger partial charge in [-0.2, -0.15) is 0 Å². The molecule has 1 nitrogen and oxygen atoms in total. The first kappa shape index (κ1) is 12.9. The molecule has 0 aromatic heterocycles. The molecule has 0 unspecified atom stereocenters. The number of aliphatic hydroxyl groups is 1. The van der Waals surface area contributed by atoms with Gasteiger partial charge in [0, 0.05) is 10.6 Å². The van der Waals surface area contributed by atoms with E-state index in [0.717, 1.165) is 22.8 Å². The van der Waals surface area contributed by atoms with Crippen LogP contribution in [0.5, 0.6) is 0 Å². The predicted molar refractivity (Wildman–Crippen MR) is 67.7 cm³/mol. The molecule has 3 heteroatoms. The van der Waals surface area contributed by atoms with Crippen molar-refractivity contribution >= 4 is 23.4 Å². The molecule has 0 radical (unpaired) electrons. The maximum atomic E-state index is 10.1. The molecule has 0 spiro atoms. The van der Waals surface area contributed by atoms with E-state index in [1.807, 2.05) is 38.1 Å². The molecular formula is C12H17ClOS. The van der Waals surface area contributed by atoms with Gasteiger partial charge in [-0.15, -0.1) is 11.8 Å². The van der Waals surface area contributed by atoms with Crippen LogP contribution in [0.25, 0.3) is 0 Å². The summed E-state index contributed by atoms with van der Waals surface area (Å²) in [6, 6.07) is 7.74. The molecule has 1 aromatic carbocycles. The molecule has 0 amide bonds. The van der Waals surface area contributed by atoms with Crippen molar-refractivity contribution in [1.29, 1.82) is 0 Å². The molecule has 1 aromatic rings. The average molecular weight is 245 g/mol. The number of halogens is 1. The second-order valence-electron chi connectivity index (χ2n) is 3.65. The van der Waals surface area contributed by atoms with E-state index in [0.29, 0.717) is 5.75 Å². The molecule has 1 N–H and O–H groups in total. The van der Waals surface area contributed by atoms with Gasteiger partial charge >= 0.3 is 0 Å². The van der Waals surface area contributed by atoms with Crippen LogP contribution in [-0.2, 0) is 0 Å². The molecular weight excluding hydrogens is 228 g/mol. The van der Waals surface area contributed by atoms with Gasteiger partial charge < -0.3 is 5.11 Å². The van der Waals surface area contributed by atoms with Gasteiger partial charge in [0.1, 0.15) is 0 Å². The first-order valence-electron chi connectivity index (χ1n) is 5.21. The van der Waals surface area contributed by atoms with Crippen molar-refractivity contribution in [2.24, 2.45) is 0 Å². The molecule has 1 rings (SSSR count). The number of thioether (sulfide) groups is 1. The number of hydrogen-bond acceptors (Lipinski definition) is 2. The third-order valence-electron chi connectivity index (χ3n) is 2.65. The first-order chi connectivity index (χ1) is 7.11. The Morgan fingerprint density at radius 1 is 1.27 bits per heavy atom. The quantitative estimate of drug-likeness (QED) is 0.791. The van der Waals surface area contributed by atoms with Gasteiger partial charge in [0.25, 0.3) is 0 Å². The maximum Gasteiger partial charge on any atom is 0.0736 e. The molecule has 0 aliphatic heterocycles. The summed E-state index contributed by atoms with van der Waals surface area (Å²) in [6.45, 7) is 4.02. The molecule has 0 aliphatic rings. The molecule has 0 atom stereocenters. The lowest BCUT2D eigenvalue weighted by Crippen LogP contribution is -2.29. The largest absolute Gasteiger partial charge is 0.389 e. The highest BCUT2D eigenvalue weighted by molar-refractivity contribution is 7.99. The van der Waals surface area contributed by atoms with E-state index >= 15 is 0 Å². The van der Waals surface area contributed by atoms with Crippen LogP contribution in [0.1, 0.15) is 26.7 Å². The van der Waals surface area contributed by atoms with Crippen LogP contribution >= 0.6 is 23.4 Å². The Hall–Kier alpha value is -0.180. The number of rotatable bonds is 5. The van der Waals surface area contributed by atoms with Crippen LogP contribution in [-0.4, -0.2) is 16.5 Å². The van der Waals surface area contributed by atoms with Crippen LogP contribution in [0, 0.1) is 0 Å². The van der Waals surface area contributed by atoms with Gasteiger partial charge in [-0.25, -0.2) is 0 Å². The Balaban J connectivity index is 2.61. The molecule has 0 saturated carbocycles. The molecule has 0 heterocycles. The molecule has 84 valence electrons. The summed E-state index contributed by atoms with van der Waals surface area (Å²) in [4.78, 5) is 1.04. The van der Waals surface area contributed by atoms with Gasteiger partial charge in [-0.1, -0.05) is 37.6 Å². The van der Waals surface area contributed by atoms with E-state index in [-0.39, 0.29) is 0 Å². The maximum absolute atomic E-state index is 10.1. The smallest absolute Gasteiger partial charge is 0.0736 e. The minimum atomic E-state index is -0.566. The minimum absolute atomic E-state index is 0.566. The van der Waals surface area contributed by atoms with Crippen molar-refractivity contribution in [3.63, 3.8) is 0 Å². The van der Waals surface area contributed by atoms with Crippen LogP contribution in [0.4, 0.5) is 0 Å². The minimum Gasteiger partial charge on any atom is -0.389 e. The third kappa shape index (κ3) is 3.71. The fourth-order valence-electron chi connectivity index (χ4n) is 1.23. The number of benzene rings is 1. The second-order valence-corrected chi connectivity index (χ2v) is 5.07. The highest BCUT2D eigenvalue weighted by Crippen LogP contribution is 2.31. The van der Waals surface area contributed by atoms with Crippen molar-refractivity contribution in [3.8, 4) is 0 Å². The van der Waals surface area contributed by atoms with Crippen molar-refractivity contribution in [3.05, 3.63) is 29.3 Å². The summed E-state index contributed by atoms with van der Waals surface area (Å²) < 4.78 is 0. The molecule has 0 fully saturated rings. The van der Waals surface area contributed by atoms with E-state index in [1.54, 1.807) is 11.8 Å². The van der Waals surface area contributed by atoms with Crippen LogP contribution in [0.15, 0.2) is 29.2 Å². The zero-order valence-corrected chi connectivity index (χ0v) is 10.7. The average Bonchev–Trinajstić information content (AvgIpc) is 2.28. The van der Waals surface area contributed by atoms with E-state index in [2.05, 4.69) is 0 Å². The van der Waals surface area contributed by atoms with Crippen molar-refractivity contribution < 1.29 is 5.11 Å². The summed E-state index contributed by atoms with van der Waals surface area (Å²) in [5.74, 6) is 0.698. The molecule has 0 saturated heterocycles. The lowest BCUT2D eigenvalue weighted by molar-refractivity contribution is 0.0572. The molecule has 15 heavy (non-hydrogen) atoms. The van der Waals surface area contributed by atoms with E-state index in [4.69, 9.17) is 11.6 Å². The van der Waals surface area contributed by atoms with Crippen LogP contribution < -0.4 is 0 Å². The standard InChI is InChI=1S/C12H17ClOS/c1-3-12(14,4-2)9-15-11-8-6-5-7-10(11)13/h5-8,14H,3-4,9H2,1-2H3. The Morgan fingerprint density at radius 3 is 2.40 bits per heavy atom. The summed E-state index contributed by atoms with van der Waals surface area (Å²) >= 11 is 7.66.